The van der Waals surface area contributed by atoms with Crippen molar-refractivity contribution in [2.75, 3.05) is 19.8 Å². The van der Waals surface area contributed by atoms with Crippen LogP contribution in [0.3, 0.4) is 0 Å². The first-order chi connectivity index (χ1) is 34.2. The van der Waals surface area contributed by atoms with Crippen LogP contribution in [-0.4, -0.2) is 172 Å². The number of halogens is 1. The molecule has 0 bridgehead atoms. The molecule has 4 aliphatic carbocycles. The average Bonchev–Trinajstić information content (AvgIpc) is 3.81. The Balaban J connectivity index is 0.882. The Hall–Kier alpha value is -2.08. The van der Waals surface area contributed by atoms with E-state index in [1.807, 2.05) is 0 Å². The van der Waals surface area contributed by atoms with Crippen molar-refractivity contribution >= 4 is 17.5 Å². The van der Waals surface area contributed by atoms with Gasteiger partial charge in [0, 0.05) is 23.9 Å². The molecule has 26 atom stereocenters. The second-order valence-electron chi connectivity index (χ2n) is 23.4. The number of carbonyl (C=O) groups excluding carboxylic acids is 1. The van der Waals surface area contributed by atoms with Crippen molar-refractivity contribution in [2.24, 2.45) is 46.3 Å². The number of amides is 1. The van der Waals surface area contributed by atoms with Crippen molar-refractivity contribution < 1.29 is 83.2 Å². The zero-order valence-corrected chi connectivity index (χ0v) is 43.0. The van der Waals surface area contributed by atoms with Gasteiger partial charge in [-0.3, -0.25) is 4.79 Å². The van der Waals surface area contributed by atoms with Crippen LogP contribution < -0.4 is 10.1 Å². The summed E-state index contributed by atoms with van der Waals surface area (Å²) in [4.78, 5) is 13.3. The molecule has 1 unspecified atom stereocenters. The van der Waals surface area contributed by atoms with Crippen molar-refractivity contribution in [2.45, 2.75) is 209 Å². The number of aliphatic hydroxyl groups excluding tert-OH is 7. The second kappa shape index (κ2) is 20.7. The highest BCUT2D eigenvalue weighted by atomic mass is 35.5. The molecule has 3 saturated carbocycles. The molecule has 1 aromatic carbocycles. The lowest BCUT2D eigenvalue weighted by molar-refractivity contribution is -0.386. The fourth-order valence-electron chi connectivity index (χ4n) is 14.9. The largest absolute Gasteiger partial charge is 0.484 e. The average molecular weight is 1040 g/mol. The monoisotopic (exact) mass is 1040 g/mol. The van der Waals surface area contributed by atoms with Crippen LogP contribution in [0.25, 0.3) is 0 Å². The molecular formula is C53H78ClNO17. The summed E-state index contributed by atoms with van der Waals surface area (Å²) in [5, 5.41) is 80.4. The van der Waals surface area contributed by atoms with Crippen molar-refractivity contribution in [1.82, 2.24) is 5.32 Å². The summed E-state index contributed by atoms with van der Waals surface area (Å²) < 4.78 is 57.0. The molecular weight excluding hydrogens is 958 g/mol. The fourth-order valence-corrected chi connectivity index (χ4v) is 15.1. The van der Waals surface area contributed by atoms with Crippen molar-refractivity contribution in [1.29, 1.82) is 0 Å². The summed E-state index contributed by atoms with van der Waals surface area (Å²) in [6, 6.07) is 6.49. The maximum absolute atomic E-state index is 13.3. The van der Waals surface area contributed by atoms with Crippen LogP contribution in [0.4, 0.5) is 0 Å². The van der Waals surface area contributed by atoms with E-state index in [1.54, 1.807) is 24.3 Å². The Morgan fingerprint density at radius 3 is 2.07 bits per heavy atom. The standard InChI is InChI=1S/C53H78ClNO17/c1-24-13-18-53(65-22-24)25(2)38-35(72-53)20-34-32-12-7-28-19-31(14-16-51(28,5)33(32)15-17-52(34,38)6)68-50-47(71-49-44(62)42(60)40(58)27(4)67-49)45(63)46(70-48-43(61)41(59)39(57)26(3)66-48)36(69-50)21-55-37(56)23-64-30-10-8-29(54)9-11-30/h7-11,24-27,31-36,38-50,57-63H,12-23H2,1-6H3,(H,55,56)/t24-,25-,26+,27+,31-,32+,33-,34?,35-,36+,38-,39+,40+,41-,42-,43-,44-,45-,46+,47+,48+,49+,50+,51-,52-,53+/m0/s1. The molecule has 0 aromatic heterocycles. The maximum Gasteiger partial charge on any atom is 0.258 e. The van der Waals surface area contributed by atoms with E-state index in [2.05, 4.69) is 39.1 Å². The van der Waals surface area contributed by atoms with Crippen molar-refractivity contribution in [3.8, 4) is 5.75 Å². The fraction of sp³-hybridized carbons (Fsp3) is 0.830. The highest BCUT2D eigenvalue weighted by molar-refractivity contribution is 6.30. The quantitative estimate of drug-likeness (QED) is 0.148. The number of allylic oxidation sites excluding steroid dienone is 1. The Bertz CT molecular complexity index is 2100. The van der Waals surface area contributed by atoms with E-state index in [-0.39, 0.29) is 30.1 Å². The van der Waals surface area contributed by atoms with Crippen LogP contribution in [0.5, 0.6) is 5.75 Å². The van der Waals surface area contributed by atoms with Gasteiger partial charge in [0.15, 0.2) is 31.3 Å². The van der Waals surface area contributed by atoms with Gasteiger partial charge >= 0.3 is 0 Å². The first kappa shape index (κ1) is 53.3. The van der Waals surface area contributed by atoms with Crippen molar-refractivity contribution in [3.63, 3.8) is 0 Å². The number of hydrogen-bond donors (Lipinski definition) is 8. The minimum absolute atomic E-state index is 0.0654. The first-order valence-electron chi connectivity index (χ1n) is 26.6. The number of aliphatic hydroxyl groups is 7. The van der Waals surface area contributed by atoms with Crippen LogP contribution in [0.1, 0.15) is 99.3 Å². The van der Waals surface area contributed by atoms with Crippen LogP contribution in [0, 0.1) is 46.3 Å². The predicted octanol–water partition coefficient (Wildman–Crippen LogP) is 3.10. The van der Waals surface area contributed by atoms with E-state index in [0.29, 0.717) is 59.1 Å². The molecule has 19 heteroatoms. The Kier molecular flexibility index (Phi) is 15.3. The van der Waals surface area contributed by atoms with Crippen LogP contribution >= 0.6 is 11.6 Å². The van der Waals surface area contributed by atoms with E-state index in [0.717, 1.165) is 51.6 Å². The SMILES string of the molecule is C[C@H]1CC[C@@]2(OC1)O[C@H]1CC3[C@@H]4CC=C5C[C@@H](O[C@@H]6O[C@H](CNC(=O)COc7ccc(Cl)cc7)[C@@H](O[C@H]7O[C@H](C)[C@@H](O)[C@H](O)[C@@H]7O)[C@H](O)[C@H]6O[C@H]6O[C@H](C)[C@@H](O)[C@H](O)[C@@H]6O)CC[C@]5(C)[C@H]4CC[C@]3(C)[C@H]1[C@@H]2C. The molecule has 1 aromatic rings. The summed E-state index contributed by atoms with van der Waals surface area (Å²) in [5.74, 6) is 2.31. The second-order valence-corrected chi connectivity index (χ2v) is 23.9. The van der Waals surface area contributed by atoms with Gasteiger partial charge in [-0.25, -0.2) is 0 Å². The topological polar surface area (TPSA) is 254 Å². The van der Waals surface area contributed by atoms with E-state index in [9.17, 15) is 40.5 Å². The van der Waals surface area contributed by atoms with E-state index in [1.165, 1.54) is 19.4 Å². The lowest BCUT2D eigenvalue weighted by Gasteiger charge is -2.59. The summed E-state index contributed by atoms with van der Waals surface area (Å²) in [7, 11) is 0. The Morgan fingerprint density at radius 1 is 0.750 bits per heavy atom. The van der Waals surface area contributed by atoms with Gasteiger partial charge in [-0.2, -0.15) is 0 Å². The van der Waals surface area contributed by atoms with Gasteiger partial charge in [-0.1, -0.05) is 50.9 Å². The Labute approximate surface area is 426 Å². The summed E-state index contributed by atoms with van der Waals surface area (Å²) in [5.41, 5.74) is 1.43. The molecule has 8 N–H and O–H groups in total. The van der Waals surface area contributed by atoms with E-state index < -0.39 is 110 Å². The van der Waals surface area contributed by atoms with Crippen LogP contribution in [-0.2, 0) is 42.7 Å². The minimum Gasteiger partial charge on any atom is -0.484 e. The van der Waals surface area contributed by atoms with Crippen molar-refractivity contribution in [3.05, 3.63) is 40.9 Å². The number of hydrogen-bond acceptors (Lipinski definition) is 17. The van der Waals surface area contributed by atoms with Gasteiger partial charge in [0.2, 0.25) is 0 Å². The zero-order chi connectivity index (χ0) is 51.2. The third-order valence-electron chi connectivity index (χ3n) is 19.2. The van der Waals surface area contributed by atoms with Gasteiger partial charge in [-0.15, -0.1) is 0 Å². The Morgan fingerprint density at radius 2 is 1.42 bits per heavy atom. The zero-order valence-electron chi connectivity index (χ0n) is 42.2. The molecule has 404 valence electrons. The van der Waals surface area contributed by atoms with Gasteiger partial charge in [0.1, 0.15) is 66.8 Å². The molecule has 8 fully saturated rings. The third-order valence-corrected chi connectivity index (χ3v) is 19.4. The molecule has 5 heterocycles. The number of benzene rings is 1. The van der Waals surface area contributed by atoms with Gasteiger partial charge in [0.05, 0.1) is 31.0 Å². The van der Waals surface area contributed by atoms with Gasteiger partial charge in [0.25, 0.3) is 5.91 Å². The number of rotatable bonds is 11. The van der Waals surface area contributed by atoms with Crippen LogP contribution in [0.15, 0.2) is 35.9 Å². The number of nitrogens with one attached hydrogen (secondary N) is 1. The molecule has 5 aliphatic heterocycles. The maximum atomic E-state index is 13.3. The highest BCUT2D eigenvalue weighted by Crippen LogP contribution is 2.70. The molecule has 1 amide bonds. The summed E-state index contributed by atoms with van der Waals surface area (Å²) >= 11 is 6.02. The highest BCUT2D eigenvalue weighted by Gasteiger charge is 2.69. The molecule has 9 aliphatic rings. The normalized spacial score (nSPS) is 51.1. The molecule has 1 spiro atoms. The van der Waals surface area contributed by atoms with E-state index >= 15 is 0 Å². The number of ether oxygens (including phenoxy) is 9. The number of fused-ring (bicyclic) bond motifs is 7. The van der Waals surface area contributed by atoms with Gasteiger partial charge < -0.3 is 83.7 Å². The molecule has 10 rings (SSSR count). The lowest BCUT2D eigenvalue weighted by atomic mass is 9.47. The minimum atomic E-state index is -1.77. The number of carbonyl (C=O) groups is 1. The summed E-state index contributed by atoms with van der Waals surface area (Å²) in [6.45, 7) is 12.7. The third kappa shape index (κ3) is 9.61. The molecule has 5 saturated heterocycles. The predicted molar refractivity (Wildman–Crippen MR) is 256 cm³/mol. The van der Waals surface area contributed by atoms with Crippen LogP contribution in [0.2, 0.25) is 5.02 Å². The first-order valence-corrected chi connectivity index (χ1v) is 26.9. The van der Waals surface area contributed by atoms with E-state index in [4.69, 9.17) is 54.2 Å². The van der Waals surface area contributed by atoms with Gasteiger partial charge in [-0.05, 0) is 130 Å². The molecule has 0 radical (unpaired) electrons. The molecule has 18 nitrogen and oxygen atoms in total. The summed E-state index contributed by atoms with van der Waals surface area (Å²) in [6.07, 6.45) is -11.5. The lowest BCUT2D eigenvalue weighted by Crippen LogP contribution is -2.67. The smallest absolute Gasteiger partial charge is 0.258 e. The molecule has 72 heavy (non-hydrogen) atoms.